The summed E-state index contributed by atoms with van der Waals surface area (Å²) < 4.78 is 42.3. The van der Waals surface area contributed by atoms with Crippen LogP contribution in [0, 0.1) is 0 Å². The Hall–Kier alpha value is -4.26. The molecule has 1 amide bonds. The van der Waals surface area contributed by atoms with Crippen LogP contribution in [0.1, 0.15) is 0 Å². The summed E-state index contributed by atoms with van der Waals surface area (Å²) in [6.45, 7) is 4.50. The van der Waals surface area contributed by atoms with Gasteiger partial charge in [0.1, 0.15) is 12.4 Å². The number of carboxylic acid groups (broad SMARTS) is 1. The van der Waals surface area contributed by atoms with Gasteiger partial charge in [0.25, 0.3) is 0 Å². The lowest BCUT2D eigenvalue weighted by atomic mass is 10.00. The Kier molecular flexibility index (Phi) is 7.53. The van der Waals surface area contributed by atoms with Crippen molar-refractivity contribution in [1.29, 1.82) is 0 Å². The summed E-state index contributed by atoms with van der Waals surface area (Å²) in [5.74, 6) is -1.32. The number of amides is 1. The zero-order chi connectivity index (χ0) is 26.6. The first-order valence-corrected chi connectivity index (χ1v) is 11.2. The molecule has 10 nitrogen and oxygen atoms in total. The molecule has 2 fully saturated rings. The van der Waals surface area contributed by atoms with E-state index in [0.29, 0.717) is 30.0 Å². The van der Waals surface area contributed by atoms with E-state index >= 15 is 0 Å². The molecule has 13 heteroatoms. The summed E-state index contributed by atoms with van der Waals surface area (Å²) in [4.78, 5) is 24.4. The molecule has 0 spiro atoms. The zero-order valence-electron chi connectivity index (χ0n) is 19.4. The number of anilines is 2. The lowest BCUT2D eigenvalue weighted by molar-refractivity contribution is -0.192. The lowest BCUT2D eigenvalue weighted by Crippen LogP contribution is -2.43. The zero-order valence-corrected chi connectivity index (χ0v) is 19.4. The number of para-hydroxylation sites is 1. The van der Waals surface area contributed by atoms with Crippen molar-refractivity contribution in [3.8, 4) is 28.2 Å². The number of carbonyl (C=O) groups is 2. The van der Waals surface area contributed by atoms with Crippen LogP contribution < -0.4 is 15.1 Å². The number of ether oxygens (including phenoxy) is 1. The number of alkyl halides is 3. The van der Waals surface area contributed by atoms with E-state index in [0.717, 1.165) is 43.2 Å². The average molecular weight is 520 g/mol. The first-order chi connectivity index (χ1) is 17.6. The second-order valence-corrected chi connectivity index (χ2v) is 8.10. The topological polar surface area (TPSA) is 128 Å². The van der Waals surface area contributed by atoms with E-state index < -0.39 is 12.1 Å². The molecule has 0 aliphatic carbocycles. The van der Waals surface area contributed by atoms with Crippen LogP contribution in [-0.4, -0.2) is 72.9 Å². The molecule has 2 aliphatic rings. The fraction of sp³-hybridized carbons (Fsp3) is 0.292. The van der Waals surface area contributed by atoms with Crippen molar-refractivity contribution in [3.63, 3.8) is 0 Å². The number of carboxylic acids is 1. The van der Waals surface area contributed by atoms with Crippen molar-refractivity contribution in [2.75, 3.05) is 49.1 Å². The number of cyclic esters (lactones) is 1. The van der Waals surface area contributed by atoms with Gasteiger partial charge in [-0.15, -0.1) is 0 Å². The van der Waals surface area contributed by atoms with Gasteiger partial charge in [-0.3, -0.25) is 4.90 Å². The molecule has 1 aromatic heterocycles. The van der Waals surface area contributed by atoms with Crippen LogP contribution in [0.15, 0.2) is 53.1 Å². The maximum Gasteiger partial charge on any atom is 0.490 e. The number of benzene rings is 2. The molecule has 5 rings (SSSR count). The number of piperazine rings is 1. The van der Waals surface area contributed by atoms with E-state index in [9.17, 15) is 23.1 Å². The van der Waals surface area contributed by atoms with Crippen molar-refractivity contribution < 1.29 is 42.2 Å². The predicted molar refractivity (Wildman–Crippen MR) is 127 cm³/mol. The van der Waals surface area contributed by atoms with Crippen LogP contribution in [-0.2, 0) is 9.53 Å². The molecule has 3 N–H and O–H groups in total. The highest BCUT2D eigenvalue weighted by atomic mass is 19.4. The number of aliphatic carboxylic acids is 1. The van der Waals surface area contributed by atoms with Crippen LogP contribution in [0.2, 0.25) is 0 Å². The summed E-state index contributed by atoms with van der Waals surface area (Å²) in [6.07, 6.45) is -5.42. The van der Waals surface area contributed by atoms with Gasteiger partial charge >= 0.3 is 18.2 Å². The van der Waals surface area contributed by atoms with Gasteiger partial charge in [0.05, 0.1) is 12.1 Å². The molecule has 2 saturated heterocycles. The van der Waals surface area contributed by atoms with Crippen molar-refractivity contribution in [2.45, 2.75) is 6.18 Å². The minimum atomic E-state index is -5.08. The summed E-state index contributed by atoms with van der Waals surface area (Å²) in [5, 5.41) is 25.6. The minimum absolute atomic E-state index is 0.133. The molecule has 0 radical (unpaired) electrons. The third-order valence-corrected chi connectivity index (χ3v) is 5.73. The number of hydrogen-bond donors (Lipinski definition) is 3. The molecule has 196 valence electrons. The van der Waals surface area contributed by atoms with E-state index in [1.807, 2.05) is 48.5 Å². The molecule has 37 heavy (non-hydrogen) atoms. The van der Waals surface area contributed by atoms with Gasteiger partial charge in [-0.25, -0.2) is 9.59 Å². The van der Waals surface area contributed by atoms with E-state index in [4.69, 9.17) is 19.2 Å². The van der Waals surface area contributed by atoms with Crippen LogP contribution >= 0.6 is 0 Å². The number of halogens is 3. The maximum atomic E-state index is 11.7. The summed E-state index contributed by atoms with van der Waals surface area (Å²) in [6, 6.07) is 14.9. The van der Waals surface area contributed by atoms with Crippen LogP contribution in [0.4, 0.5) is 29.5 Å². The van der Waals surface area contributed by atoms with Gasteiger partial charge in [-0.1, -0.05) is 29.4 Å². The number of carbonyl (C=O) groups excluding carboxylic acids is 1. The van der Waals surface area contributed by atoms with Crippen LogP contribution in [0.25, 0.3) is 22.5 Å². The fourth-order valence-electron chi connectivity index (χ4n) is 3.86. The first kappa shape index (κ1) is 25.8. The Morgan fingerprint density at radius 1 is 1.03 bits per heavy atom. The third kappa shape index (κ3) is 5.94. The molecule has 3 aromatic rings. The SMILES string of the molecule is O=C(O)C(F)(F)F.O=C1OCCN1c1ccc(-c2cccc(-c3cc(N4CCNCC4)no3)c2O)cc1. The van der Waals surface area contributed by atoms with Gasteiger partial charge < -0.3 is 29.7 Å². The summed E-state index contributed by atoms with van der Waals surface area (Å²) >= 11 is 0. The Balaban J connectivity index is 0.000000405. The number of phenols is 1. The Labute approximate surface area is 208 Å². The quantitative estimate of drug-likeness (QED) is 0.472. The van der Waals surface area contributed by atoms with Crippen LogP contribution in [0.3, 0.4) is 0 Å². The maximum absolute atomic E-state index is 11.7. The second kappa shape index (κ2) is 10.8. The number of nitrogens with one attached hydrogen (secondary N) is 1. The normalized spacial score (nSPS) is 15.7. The Bertz CT molecular complexity index is 1260. The molecular weight excluding hydrogens is 497 g/mol. The predicted octanol–water partition coefficient (Wildman–Crippen LogP) is 3.71. The van der Waals surface area contributed by atoms with E-state index in [1.54, 1.807) is 4.90 Å². The highest BCUT2D eigenvalue weighted by Crippen LogP contribution is 2.39. The third-order valence-electron chi connectivity index (χ3n) is 5.73. The number of phenolic OH excluding ortho intramolecular Hbond substituents is 1. The van der Waals surface area contributed by atoms with Gasteiger partial charge in [0, 0.05) is 43.5 Å². The second-order valence-electron chi connectivity index (χ2n) is 8.10. The van der Waals surface area contributed by atoms with Gasteiger partial charge in [-0.2, -0.15) is 13.2 Å². The fourth-order valence-corrected chi connectivity index (χ4v) is 3.86. The number of aromatic nitrogens is 1. The number of nitrogens with zero attached hydrogens (tertiary/aromatic N) is 3. The van der Waals surface area contributed by atoms with Crippen molar-refractivity contribution in [2.24, 2.45) is 0 Å². The van der Waals surface area contributed by atoms with E-state index in [2.05, 4.69) is 15.4 Å². The molecule has 0 saturated carbocycles. The number of aromatic hydroxyl groups is 1. The summed E-state index contributed by atoms with van der Waals surface area (Å²) in [5.41, 5.74) is 2.89. The lowest BCUT2D eigenvalue weighted by Gasteiger charge is -2.26. The smallest absolute Gasteiger partial charge is 0.490 e. The van der Waals surface area contributed by atoms with Gasteiger partial charge in [0.15, 0.2) is 11.6 Å². The van der Waals surface area contributed by atoms with Crippen LogP contribution in [0.5, 0.6) is 5.75 Å². The largest absolute Gasteiger partial charge is 0.507 e. The number of rotatable bonds is 4. The molecule has 3 heterocycles. The molecule has 2 aromatic carbocycles. The molecule has 0 bridgehead atoms. The van der Waals surface area contributed by atoms with Gasteiger partial charge in [-0.05, 0) is 23.8 Å². The Morgan fingerprint density at radius 3 is 2.27 bits per heavy atom. The monoisotopic (exact) mass is 520 g/mol. The van der Waals surface area contributed by atoms with E-state index in [1.165, 1.54) is 0 Å². The molecular formula is C24H23F3N4O6. The van der Waals surface area contributed by atoms with Crippen molar-refractivity contribution in [1.82, 2.24) is 10.5 Å². The van der Waals surface area contributed by atoms with Crippen molar-refractivity contribution >= 4 is 23.6 Å². The molecule has 2 aliphatic heterocycles. The average Bonchev–Trinajstić information content (AvgIpc) is 3.54. The highest BCUT2D eigenvalue weighted by Gasteiger charge is 2.38. The van der Waals surface area contributed by atoms with Crippen molar-refractivity contribution in [3.05, 3.63) is 48.5 Å². The molecule has 0 atom stereocenters. The van der Waals surface area contributed by atoms with Gasteiger partial charge in [0.2, 0.25) is 0 Å². The standard InChI is InChI=1S/C22H22N4O4.C2HF3O2/c27-21-17(15-4-6-16(7-5-15)26-12-13-29-22(26)28)2-1-3-18(21)19-14-20(24-30-19)25-10-8-23-9-11-25;3-2(4,5)1(6)7/h1-7,14,23,27H,8-13H2;(H,6,7). The molecule has 0 unspecified atom stereocenters. The Morgan fingerprint density at radius 2 is 1.68 bits per heavy atom. The highest BCUT2D eigenvalue weighted by molar-refractivity contribution is 5.90. The first-order valence-electron chi connectivity index (χ1n) is 11.2. The minimum Gasteiger partial charge on any atom is -0.507 e. The van der Waals surface area contributed by atoms with E-state index in [-0.39, 0.29) is 11.8 Å². The summed E-state index contributed by atoms with van der Waals surface area (Å²) in [7, 11) is 0. The number of hydrogen-bond acceptors (Lipinski definition) is 8.